The Morgan fingerprint density at radius 3 is 2.29 bits per heavy atom. The molecule has 1 atom stereocenters. The summed E-state index contributed by atoms with van der Waals surface area (Å²) in [5.74, 6) is 0.861. The molecule has 1 heteroatoms. The van der Waals surface area contributed by atoms with Gasteiger partial charge in [0.1, 0.15) is 0 Å². The van der Waals surface area contributed by atoms with Crippen molar-refractivity contribution in [2.75, 3.05) is 0 Å². The fraction of sp³-hybridized carbons (Fsp3) is 1.00. The molecule has 1 nitrogen and oxygen atoms in total. The minimum atomic E-state index is 0. The molecule has 1 fully saturated rings. The van der Waals surface area contributed by atoms with Crippen LogP contribution in [-0.2, 0) is 0 Å². The van der Waals surface area contributed by atoms with Crippen LogP contribution in [-0.4, -0.2) is 6.04 Å². The van der Waals surface area contributed by atoms with E-state index in [0.717, 1.165) is 5.92 Å². The Kier molecular flexibility index (Phi) is 1.33. The van der Waals surface area contributed by atoms with Gasteiger partial charge in [-0.2, -0.15) is 0 Å². The Morgan fingerprint density at radius 1 is 1.71 bits per heavy atom. The van der Waals surface area contributed by atoms with Crippen molar-refractivity contribution in [3.8, 4) is 0 Å². The first-order chi connectivity index (χ1) is 3.30. The van der Waals surface area contributed by atoms with Crippen molar-refractivity contribution in [1.82, 2.24) is 0 Å². The molecule has 0 unspecified atom stereocenters. The number of hydrogen-bond acceptors (Lipinski definition) is 1. The molecule has 0 saturated heterocycles. The highest BCUT2D eigenvalue weighted by Gasteiger charge is 2.20. The van der Waals surface area contributed by atoms with Crippen LogP contribution in [0.3, 0.4) is 0 Å². The topological polar surface area (TPSA) is 26.0 Å². The first kappa shape index (κ1) is 5.10. The first-order valence-corrected chi connectivity index (χ1v) is 3.06. The SMILES string of the molecule is C[C@@H](N)C1CCC1.[HH]. The fourth-order valence-corrected chi connectivity index (χ4v) is 0.966. The summed E-state index contributed by atoms with van der Waals surface area (Å²) in [7, 11) is 0. The van der Waals surface area contributed by atoms with Crippen molar-refractivity contribution in [3.63, 3.8) is 0 Å². The second-order valence-electron chi connectivity index (χ2n) is 2.55. The van der Waals surface area contributed by atoms with Crippen LogP contribution in [0, 0.1) is 5.92 Å². The van der Waals surface area contributed by atoms with E-state index in [2.05, 4.69) is 6.92 Å². The van der Waals surface area contributed by atoms with E-state index in [9.17, 15) is 0 Å². The molecule has 0 radical (unpaired) electrons. The second-order valence-corrected chi connectivity index (χ2v) is 2.55. The van der Waals surface area contributed by atoms with E-state index in [1.807, 2.05) is 0 Å². The third kappa shape index (κ3) is 0.942. The molecule has 0 bridgehead atoms. The van der Waals surface area contributed by atoms with E-state index in [1.165, 1.54) is 19.3 Å². The smallest absolute Gasteiger partial charge is 0.00387 e. The lowest BCUT2D eigenvalue weighted by Crippen LogP contribution is -2.31. The third-order valence-electron chi connectivity index (χ3n) is 1.89. The zero-order valence-corrected chi connectivity index (χ0v) is 4.85. The lowest BCUT2D eigenvalue weighted by atomic mass is 9.81. The average Bonchev–Trinajstić information content (AvgIpc) is 1.23. The maximum Gasteiger partial charge on any atom is 0.00387 e. The number of nitrogens with two attached hydrogens (primary N) is 1. The maximum absolute atomic E-state index is 5.60. The van der Waals surface area contributed by atoms with Gasteiger partial charge in [0.05, 0.1) is 0 Å². The average molecular weight is 101 g/mol. The minimum absolute atomic E-state index is 0. The Balaban J connectivity index is 0.000000490. The van der Waals surface area contributed by atoms with Gasteiger partial charge in [-0.05, 0) is 25.7 Å². The van der Waals surface area contributed by atoms with Crippen LogP contribution in [0.1, 0.15) is 27.6 Å². The number of rotatable bonds is 1. The summed E-state index contributed by atoms with van der Waals surface area (Å²) < 4.78 is 0. The Hall–Kier alpha value is -0.0400. The van der Waals surface area contributed by atoms with Crippen molar-refractivity contribution in [3.05, 3.63) is 0 Å². The van der Waals surface area contributed by atoms with Gasteiger partial charge in [0.2, 0.25) is 0 Å². The molecule has 1 aliphatic rings. The normalized spacial score (nSPS) is 26.6. The van der Waals surface area contributed by atoms with Crippen LogP contribution in [0.5, 0.6) is 0 Å². The molecule has 0 amide bonds. The van der Waals surface area contributed by atoms with Gasteiger partial charge in [0.15, 0.2) is 0 Å². The summed E-state index contributed by atoms with van der Waals surface area (Å²) in [4.78, 5) is 0. The van der Waals surface area contributed by atoms with E-state index < -0.39 is 0 Å². The molecule has 0 aromatic heterocycles. The highest BCUT2D eigenvalue weighted by molar-refractivity contribution is 4.76. The minimum Gasteiger partial charge on any atom is -0.328 e. The first-order valence-electron chi connectivity index (χ1n) is 3.06. The summed E-state index contributed by atoms with van der Waals surface area (Å²) in [6.07, 6.45) is 4.15. The second kappa shape index (κ2) is 1.83. The van der Waals surface area contributed by atoms with Crippen LogP contribution in [0.4, 0.5) is 0 Å². The lowest BCUT2D eigenvalue weighted by Gasteiger charge is -2.28. The van der Waals surface area contributed by atoms with Crippen molar-refractivity contribution in [1.29, 1.82) is 0 Å². The molecule has 2 N–H and O–H groups in total. The maximum atomic E-state index is 5.60. The molecule has 7 heavy (non-hydrogen) atoms. The largest absolute Gasteiger partial charge is 0.328 e. The highest BCUT2D eigenvalue weighted by Crippen LogP contribution is 2.27. The Morgan fingerprint density at radius 2 is 2.29 bits per heavy atom. The molecule has 0 aromatic carbocycles. The van der Waals surface area contributed by atoms with Gasteiger partial charge < -0.3 is 5.73 Å². The molecule has 0 heterocycles. The van der Waals surface area contributed by atoms with Crippen molar-refractivity contribution in [2.45, 2.75) is 32.2 Å². The molecule has 0 spiro atoms. The van der Waals surface area contributed by atoms with Crippen LogP contribution in [0.25, 0.3) is 0 Å². The third-order valence-corrected chi connectivity index (χ3v) is 1.89. The van der Waals surface area contributed by atoms with E-state index in [0.29, 0.717) is 6.04 Å². The van der Waals surface area contributed by atoms with Crippen LogP contribution in [0.2, 0.25) is 0 Å². The highest BCUT2D eigenvalue weighted by atomic mass is 14.6. The fourth-order valence-electron chi connectivity index (χ4n) is 0.966. The van der Waals surface area contributed by atoms with E-state index in [1.54, 1.807) is 0 Å². The van der Waals surface area contributed by atoms with Crippen molar-refractivity contribution < 1.29 is 1.43 Å². The molecule has 1 saturated carbocycles. The van der Waals surface area contributed by atoms with Gasteiger partial charge in [-0.25, -0.2) is 0 Å². The van der Waals surface area contributed by atoms with Gasteiger partial charge in [0, 0.05) is 7.47 Å². The summed E-state index contributed by atoms with van der Waals surface area (Å²) in [5.41, 5.74) is 5.60. The molecule has 0 aromatic rings. The van der Waals surface area contributed by atoms with Gasteiger partial charge in [-0.1, -0.05) is 6.42 Å². The van der Waals surface area contributed by atoms with Crippen LogP contribution in [0.15, 0.2) is 0 Å². The predicted octanol–water partition coefficient (Wildman–Crippen LogP) is 1.38. The van der Waals surface area contributed by atoms with Gasteiger partial charge in [-0.3, -0.25) is 0 Å². The quantitative estimate of drug-likeness (QED) is 0.530. The zero-order valence-electron chi connectivity index (χ0n) is 4.85. The van der Waals surface area contributed by atoms with Gasteiger partial charge in [-0.15, -0.1) is 0 Å². The summed E-state index contributed by atoms with van der Waals surface area (Å²) in [5, 5.41) is 0. The van der Waals surface area contributed by atoms with E-state index in [4.69, 9.17) is 5.73 Å². The van der Waals surface area contributed by atoms with Gasteiger partial charge in [0.25, 0.3) is 0 Å². The van der Waals surface area contributed by atoms with Crippen LogP contribution < -0.4 is 5.73 Å². The predicted molar refractivity (Wildman–Crippen MR) is 33.1 cm³/mol. The van der Waals surface area contributed by atoms with Crippen LogP contribution >= 0.6 is 0 Å². The van der Waals surface area contributed by atoms with Crippen molar-refractivity contribution >= 4 is 0 Å². The molecular weight excluding hydrogens is 86.1 g/mol. The van der Waals surface area contributed by atoms with Gasteiger partial charge >= 0.3 is 0 Å². The Labute approximate surface area is 46.4 Å². The molecular formula is C6H15N. The molecule has 44 valence electrons. The summed E-state index contributed by atoms with van der Waals surface area (Å²) in [6.45, 7) is 2.10. The van der Waals surface area contributed by atoms with Crippen molar-refractivity contribution in [2.24, 2.45) is 11.7 Å². The van der Waals surface area contributed by atoms with E-state index in [-0.39, 0.29) is 1.43 Å². The zero-order chi connectivity index (χ0) is 5.28. The monoisotopic (exact) mass is 101 g/mol. The summed E-state index contributed by atoms with van der Waals surface area (Å²) in [6, 6.07) is 0.453. The molecule has 0 aliphatic heterocycles. The van der Waals surface area contributed by atoms with E-state index >= 15 is 0 Å². The molecule has 1 aliphatic carbocycles. The lowest BCUT2D eigenvalue weighted by molar-refractivity contribution is 0.273. The number of hydrogen-bond donors (Lipinski definition) is 1. The molecule has 1 rings (SSSR count). The standard InChI is InChI=1S/C6H13N.H2/c1-5(7)6-3-2-4-6;/h5-6H,2-4,7H2,1H3;1H/t5-;/m1./s1. The summed E-state index contributed by atoms with van der Waals surface area (Å²) >= 11 is 0. The Bertz CT molecular complexity index is 59.5.